The van der Waals surface area contributed by atoms with Crippen LogP contribution in [0.2, 0.25) is 0 Å². The van der Waals surface area contributed by atoms with Gasteiger partial charge in [0.2, 0.25) is 0 Å². The molecule has 1 aromatic carbocycles. The van der Waals surface area contributed by atoms with Gasteiger partial charge in [-0.05, 0) is 29.5 Å². The first kappa shape index (κ1) is 15.1. The van der Waals surface area contributed by atoms with E-state index in [1.807, 2.05) is 12.1 Å². The summed E-state index contributed by atoms with van der Waals surface area (Å²) in [5.74, 6) is 1.73. The predicted octanol–water partition coefficient (Wildman–Crippen LogP) is 4.03. The smallest absolute Gasteiger partial charge is 0.185 e. The van der Waals surface area contributed by atoms with E-state index in [-0.39, 0.29) is 10.5 Å². The Morgan fingerprint density at radius 2 is 1.83 bits per heavy atom. The highest BCUT2D eigenvalue weighted by atomic mass is 32.2. The molecule has 0 amide bonds. The van der Waals surface area contributed by atoms with Crippen molar-refractivity contribution < 1.29 is 9.53 Å². The van der Waals surface area contributed by atoms with E-state index in [0.29, 0.717) is 6.61 Å². The van der Waals surface area contributed by atoms with Gasteiger partial charge >= 0.3 is 0 Å². The fraction of sp³-hybridized carbons (Fsp3) is 0.533. The molecule has 0 radical (unpaired) electrons. The van der Waals surface area contributed by atoms with E-state index in [1.54, 1.807) is 6.92 Å². The number of carbonyl (C=O) groups is 1. The van der Waals surface area contributed by atoms with E-state index in [9.17, 15) is 4.79 Å². The highest BCUT2D eigenvalue weighted by Crippen LogP contribution is 2.24. The molecule has 18 heavy (non-hydrogen) atoms. The lowest BCUT2D eigenvalue weighted by Gasteiger charge is -2.19. The lowest BCUT2D eigenvalue weighted by molar-refractivity contribution is -0.109. The number of hydrogen-bond acceptors (Lipinski definition) is 3. The molecule has 2 nitrogen and oxygen atoms in total. The van der Waals surface area contributed by atoms with Crippen molar-refractivity contribution in [1.82, 2.24) is 0 Å². The van der Waals surface area contributed by atoms with E-state index in [1.165, 1.54) is 17.3 Å². The van der Waals surface area contributed by atoms with Gasteiger partial charge in [-0.2, -0.15) is 0 Å². The molecule has 0 spiro atoms. The van der Waals surface area contributed by atoms with E-state index in [4.69, 9.17) is 4.74 Å². The largest absolute Gasteiger partial charge is 0.494 e. The monoisotopic (exact) mass is 266 g/mol. The van der Waals surface area contributed by atoms with Crippen LogP contribution >= 0.6 is 11.8 Å². The Labute approximate surface area is 114 Å². The second-order valence-electron chi connectivity index (χ2n) is 5.32. The average Bonchev–Trinajstić information content (AvgIpc) is 2.27. The van der Waals surface area contributed by atoms with Crippen molar-refractivity contribution in [2.45, 2.75) is 39.5 Å². The van der Waals surface area contributed by atoms with Crippen LogP contribution in [0.4, 0.5) is 0 Å². The van der Waals surface area contributed by atoms with E-state index < -0.39 is 0 Å². The summed E-state index contributed by atoms with van der Waals surface area (Å²) in [5.41, 5.74) is 1.48. The van der Waals surface area contributed by atoms with E-state index >= 15 is 0 Å². The zero-order valence-corrected chi connectivity index (χ0v) is 12.5. The number of thioether (sulfide) groups is 1. The summed E-state index contributed by atoms with van der Waals surface area (Å²) in [7, 11) is 0. The van der Waals surface area contributed by atoms with Gasteiger partial charge in [0.1, 0.15) is 5.75 Å². The van der Waals surface area contributed by atoms with Crippen molar-refractivity contribution in [3.05, 3.63) is 29.8 Å². The first-order valence-electron chi connectivity index (χ1n) is 6.26. The Morgan fingerprint density at radius 1 is 1.22 bits per heavy atom. The Bertz CT molecular complexity index is 376. The molecule has 0 heterocycles. The molecule has 0 aromatic heterocycles. The topological polar surface area (TPSA) is 26.3 Å². The first-order chi connectivity index (χ1) is 8.39. The van der Waals surface area contributed by atoms with Crippen molar-refractivity contribution in [3.8, 4) is 5.75 Å². The number of benzene rings is 1. The molecule has 1 rings (SSSR count). The highest BCUT2D eigenvalue weighted by Gasteiger charge is 2.12. The van der Waals surface area contributed by atoms with Gasteiger partial charge in [0.05, 0.1) is 6.61 Å². The van der Waals surface area contributed by atoms with Crippen LogP contribution in [0.1, 0.15) is 39.7 Å². The van der Waals surface area contributed by atoms with Gasteiger partial charge in [-0.3, -0.25) is 4.79 Å². The van der Waals surface area contributed by atoms with Crippen LogP contribution in [0.3, 0.4) is 0 Å². The number of hydrogen-bond donors (Lipinski definition) is 0. The summed E-state index contributed by atoms with van der Waals surface area (Å²) < 4.78 is 5.63. The van der Waals surface area contributed by atoms with Gasteiger partial charge in [0, 0.05) is 12.7 Å². The second-order valence-corrected chi connectivity index (χ2v) is 6.59. The van der Waals surface area contributed by atoms with Gasteiger partial charge < -0.3 is 4.74 Å². The van der Waals surface area contributed by atoms with Crippen LogP contribution in [-0.4, -0.2) is 17.5 Å². The van der Waals surface area contributed by atoms with Crippen molar-refractivity contribution in [2.75, 3.05) is 12.4 Å². The molecule has 0 aliphatic rings. The number of ether oxygens (including phenoxy) is 1. The summed E-state index contributed by atoms with van der Waals surface area (Å²) in [6.07, 6.45) is 0.894. The molecular formula is C15H22O2S. The number of carbonyl (C=O) groups excluding carboxylic acids is 1. The van der Waals surface area contributed by atoms with Crippen LogP contribution in [0.25, 0.3) is 0 Å². The highest BCUT2D eigenvalue weighted by molar-refractivity contribution is 8.13. The average molecular weight is 266 g/mol. The summed E-state index contributed by atoms with van der Waals surface area (Å²) in [5, 5.41) is 0.171. The van der Waals surface area contributed by atoms with Crippen LogP contribution < -0.4 is 4.74 Å². The number of rotatable bonds is 5. The first-order valence-corrected chi connectivity index (χ1v) is 7.25. The Morgan fingerprint density at radius 3 is 2.33 bits per heavy atom. The van der Waals surface area contributed by atoms with Gasteiger partial charge in [-0.25, -0.2) is 0 Å². The Balaban J connectivity index is 2.33. The van der Waals surface area contributed by atoms with Crippen LogP contribution in [0, 0.1) is 0 Å². The third kappa shape index (κ3) is 5.58. The predicted molar refractivity (Wildman–Crippen MR) is 78.4 cm³/mol. The zero-order chi connectivity index (χ0) is 13.6. The quantitative estimate of drug-likeness (QED) is 0.753. The Hall–Kier alpha value is -0.960. The summed E-state index contributed by atoms with van der Waals surface area (Å²) in [6.45, 7) is 8.84. The minimum absolute atomic E-state index is 0.171. The lowest BCUT2D eigenvalue weighted by atomic mass is 9.87. The summed E-state index contributed by atoms with van der Waals surface area (Å²) in [4.78, 5) is 10.7. The molecule has 0 saturated heterocycles. The molecule has 0 atom stereocenters. The van der Waals surface area contributed by atoms with Gasteiger partial charge in [-0.1, -0.05) is 44.7 Å². The van der Waals surface area contributed by atoms with Crippen molar-refractivity contribution in [2.24, 2.45) is 0 Å². The minimum Gasteiger partial charge on any atom is -0.494 e. The molecule has 0 unspecified atom stereocenters. The molecule has 100 valence electrons. The SMILES string of the molecule is CC(=O)SCCCOc1ccc(C(C)(C)C)cc1. The Kier molecular flexibility index (Phi) is 5.73. The fourth-order valence-corrected chi connectivity index (χ4v) is 2.07. The molecule has 0 bridgehead atoms. The van der Waals surface area contributed by atoms with E-state index in [0.717, 1.165) is 17.9 Å². The third-order valence-electron chi connectivity index (χ3n) is 2.58. The van der Waals surface area contributed by atoms with Crippen LogP contribution in [-0.2, 0) is 10.2 Å². The standard InChI is InChI=1S/C15H22O2S/c1-12(16)18-11-5-10-17-14-8-6-13(7-9-14)15(2,3)4/h6-9H,5,10-11H2,1-4H3. The molecule has 0 fully saturated rings. The molecule has 0 aliphatic heterocycles. The molecule has 0 saturated carbocycles. The summed E-state index contributed by atoms with van der Waals surface area (Å²) in [6, 6.07) is 8.25. The normalized spacial score (nSPS) is 11.3. The van der Waals surface area contributed by atoms with Crippen LogP contribution in [0.5, 0.6) is 5.75 Å². The van der Waals surface area contributed by atoms with Crippen molar-refractivity contribution in [1.29, 1.82) is 0 Å². The van der Waals surface area contributed by atoms with Gasteiger partial charge in [-0.15, -0.1) is 0 Å². The molecule has 0 N–H and O–H groups in total. The van der Waals surface area contributed by atoms with Crippen LogP contribution in [0.15, 0.2) is 24.3 Å². The maximum Gasteiger partial charge on any atom is 0.185 e. The molecular weight excluding hydrogens is 244 g/mol. The summed E-state index contributed by atoms with van der Waals surface area (Å²) >= 11 is 1.35. The van der Waals surface area contributed by atoms with E-state index in [2.05, 4.69) is 32.9 Å². The third-order valence-corrected chi connectivity index (χ3v) is 3.48. The van der Waals surface area contributed by atoms with Crippen molar-refractivity contribution in [3.63, 3.8) is 0 Å². The van der Waals surface area contributed by atoms with Crippen molar-refractivity contribution >= 4 is 16.9 Å². The van der Waals surface area contributed by atoms with Gasteiger partial charge in [0.15, 0.2) is 5.12 Å². The maximum absolute atomic E-state index is 10.7. The second kappa shape index (κ2) is 6.83. The molecule has 0 aliphatic carbocycles. The molecule has 3 heteroatoms. The fourth-order valence-electron chi connectivity index (χ4n) is 1.52. The molecule has 1 aromatic rings. The zero-order valence-electron chi connectivity index (χ0n) is 11.7. The minimum atomic E-state index is 0.171. The maximum atomic E-state index is 10.7. The lowest BCUT2D eigenvalue weighted by Crippen LogP contribution is -2.10. The van der Waals surface area contributed by atoms with Gasteiger partial charge in [0.25, 0.3) is 0 Å².